The van der Waals surface area contributed by atoms with Gasteiger partial charge in [0.25, 0.3) is 5.91 Å². The molecule has 1 saturated heterocycles. The molecule has 1 aromatic rings. The molecule has 1 N–H and O–H groups in total. The second kappa shape index (κ2) is 4.06. The summed E-state index contributed by atoms with van der Waals surface area (Å²) in [5, 5.41) is 3.17. The molecule has 1 aromatic heterocycles. The van der Waals surface area contributed by atoms with Crippen molar-refractivity contribution in [3.63, 3.8) is 0 Å². The minimum Gasteiger partial charge on any atom is -0.469 e. The lowest BCUT2D eigenvalue weighted by Gasteiger charge is -2.37. The van der Waals surface area contributed by atoms with Gasteiger partial charge in [-0.25, -0.2) is 0 Å². The molecule has 0 spiro atoms. The Balaban J connectivity index is 2.14. The van der Waals surface area contributed by atoms with Gasteiger partial charge in [0, 0.05) is 19.6 Å². The van der Waals surface area contributed by atoms with E-state index in [4.69, 9.17) is 4.42 Å². The van der Waals surface area contributed by atoms with Gasteiger partial charge in [0.05, 0.1) is 17.9 Å². The normalized spacial score (nSPS) is 16.1. The first-order chi connectivity index (χ1) is 7.24. The SMILES string of the molecule is CCN(C(=O)c1ccoc1C)C1CNC1. The highest BCUT2D eigenvalue weighted by Crippen LogP contribution is 2.15. The number of furan rings is 1. The summed E-state index contributed by atoms with van der Waals surface area (Å²) in [4.78, 5) is 14.0. The fraction of sp³-hybridized carbons (Fsp3) is 0.545. The Morgan fingerprint density at radius 1 is 1.67 bits per heavy atom. The van der Waals surface area contributed by atoms with E-state index in [1.54, 1.807) is 12.3 Å². The van der Waals surface area contributed by atoms with Gasteiger partial charge in [0.15, 0.2) is 0 Å². The van der Waals surface area contributed by atoms with Crippen LogP contribution in [-0.4, -0.2) is 36.5 Å². The van der Waals surface area contributed by atoms with Crippen LogP contribution in [0.4, 0.5) is 0 Å². The van der Waals surface area contributed by atoms with Crippen LogP contribution in [0.1, 0.15) is 23.0 Å². The highest BCUT2D eigenvalue weighted by atomic mass is 16.3. The average molecular weight is 208 g/mol. The van der Waals surface area contributed by atoms with Crippen LogP contribution >= 0.6 is 0 Å². The zero-order valence-corrected chi connectivity index (χ0v) is 9.12. The van der Waals surface area contributed by atoms with Crippen molar-refractivity contribution < 1.29 is 9.21 Å². The Labute approximate surface area is 89.2 Å². The second-order valence-electron chi connectivity index (χ2n) is 3.79. The molecule has 0 aliphatic carbocycles. The fourth-order valence-electron chi connectivity index (χ4n) is 1.82. The van der Waals surface area contributed by atoms with Crippen LogP contribution in [-0.2, 0) is 0 Å². The summed E-state index contributed by atoms with van der Waals surface area (Å²) in [6.07, 6.45) is 1.56. The Bertz CT molecular complexity index is 355. The molecule has 0 atom stereocenters. The predicted molar refractivity (Wildman–Crippen MR) is 56.8 cm³/mol. The third-order valence-corrected chi connectivity index (χ3v) is 2.89. The van der Waals surface area contributed by atoms with Crippen molar-refractivity contribution in [2.45, 2.75) is 19.9 Å². The van der Waals surface area contributed by atoms with Gasteiger partial charge in [0.2, 0.25) is 0 Å². The molecule has 1 aliphatic heterocycles. The zero-order valence-electron chi connectivity index (χ0n) is 9.12. The van der Waals surface area contributed by atoms with Crippen LogP contribution in [0.25, 0.3) is 0 Å². The standard InChI is InChI=1S/C11H16N2O2/c1-3-13(9-6-12-7-9)11(14)10-4-5-15-8(10)2/h4-5,9,12H,3,6-7H2,1-2H3. The number of hydrogen-bond donors (Lipinski definition) is 1. The van der Waals surface area contributed by atoms with Gasteiger partial charge in [-0.2, -0.15) is 0 Å². The van der Waals surface area contributed by atoms with Crippen molar-refractivity contribution in [2.75, 3.05) is 19.6 Å². The minimum atomic E-state index is 0.0789. The number of aryl methyl sites for hydroxylation is 1. The van der Waals surface area contributed by atoms with Gasteiger partial charge in [-0.05, 0) is 19.9 Å². The Kier molecular flexibility index (Phi) is 2.77. The molecular weight excluding hydrogens is 192 g/mol. The summed E-state index contributed by atoms with van der Waals surface area (Å²) in [7, 11) is 0. The number of carbonyl (C=O) groups excluding carboxylic acids is 1. The van der Waals surface area contributed by atoms with E-state index in [2.05, 4.69) is 5.32 Å². The van der Waals surface area contributed by atoms with E-state index in [0.29, 0.717) is 17.4 Å². The van der Waals surface area contributed by atoms with E-state index in [9.17, 15) is 4.79 Å². The molecule has 0 radical (unpaired) electrons. The fourth-order valence-corrected chi connectivity index (χ4v) is 1.82. The lowest BCUT2D eigenvalue weighted by Crippen LogP contribution is -2.58. The van der Waals surface area contributed by atoms with E-state index in [0.717, 1.165) is 19.6 Å². The Morgan fingerprint density at radius 3 is 2.80 bits per heavy atom. The number of amides is 1. The summed E-state index contributed by atoms with van der Waals surface area (Å²) in [6.45, 7) is 6.37. The topological polar surface area (TPSA) is 45.5 Å². The van der Waals surface area contributed by atoms with E-state index >= 15 is 0 Å². The van der Waals surface area contributed by atoms with Crippen molar-refractivity contribution >= 4 is 5.91 Å². The lowest BCUT2D eigenvalue weighted by molar-refractivity contribution is 0.0628. The highest BCUT2D eigenvalue weighted by Gasteiger charge is 2.29. The van der Waals surface area contributed by atoms with Crippen molar-refractivity contribution in [3.8, 4) is 0 Å². The highest BCUT2D eigenvalue weighted by molar-refractivity contribution is 5.95. The van der Waals surface area contributed by atoms with Crippen LogP contribution in [0.3, 0.4) is 0 Å². The van der Waals surface area contributed by atoms with Gasteiger partial charge in [-0.3, -0.25) is 4.79 Å². The molecule has 4 nitrogen and oxygen atoms in total. The van der Waals surface area contributed by atoms with Crippen LogP contribution in [0.2, 0.25) is 0 Å². The molecule has 0 saturated carbocycles. The third-order valence-electron chi connectivity index (χ3n) is 2.89. The maximum Gasteiger partial charge on any atom is 0.257 e. The number of hydrogen-bond acceptors (Lipinski definition) is 3. The first kappa shape index (κ1) is 10.2. The number of likely N-dealkylation sites (N-methyl/N-ethyl adjacent to an activating group) is 1. The van der Waals surface area contributed by atoms with Gasteiger partial charge in [0.1, 0.15) is 5.76 Å². The molecule has 4 heteroatoms. The van der Waals surface area contributed by atoms with Gasteiger partial charge in [-0.15, -0.1) is 0 Å². The second-order valence-corrected chi connectivity index (χ2v) is 3.79. The van der Waals surface area contributed by atoms with Gasteiger partial charge < -0.3 is 14.6 Å². The molecule has 0 aromatic carbocycles. The molecule has 1 fully saturated rings. The summed E-state index contributed by atoms with van der Waals surface area (Å²) < 4.78 is 5.15. The molecule has 1 aliphatic rings. The molecule has 0 unspecified atom stereocenters. The average Bonchev–Trinajstić information content (AvgIpc) is 2.56. The Hall–Kier alpha value is -1.29. The molecule has 2 heterocycles. The van der Waals surface area contributed by atoms with Crippen LogP contribution < -0.4 is 5.32 Å². The summed E-state index contributed by atoms with van der Waals surface area (Å²) in [5.74, 6) is 0.779. The maximum absolute atomic E-state index is 12.1. The monoisotopic (exact) mass is 208 g/mol. The van der Waals surface area contributed by atoms with Gasteiger partial charge in [-0.1, -0.05) is 0 Å². The number of carbonyl (C=O) groups is 1. The van der Waals surface area contributed by atoms with E-state index in [1.165, 1.54) is 0 Å². The number of nitrogens with zero attached hydrogens (tertiary/aromatic N) is 1. The molecular formula is C11H16N2O2. The number of nitrogens with one attached hydrogen (secondary N) is 1. The predicted octanol–water partition coefficient (Wildman–Crippen LogP) is 1.02. The van der Waals surface area contributed by atoms with E-state index in [-0.39, 0.29) is 5.91 Å². The first-order valence-corrected chi connectivity index (χ1v) is 5.29. The Morgan fingerprint density at radius 2 is 2.40 bits per heavy atom. The van der Waals surface area contributed by atoms with Crippen molar-refractivity contribution in [1.29, 1.82) is 0 Å². The quantitative estimate of drug-likeness (QED) is 0.806. The molecule has 2 rings (SSSR count). The summed E-state index contributed by atoms with van der Waals surface area (Å²) in [5.41, 5.74) is 0.684. The largest absolute Gasteiger partial charge is 0.469 e. The smallest absolute Gasteiger partial charge is 0.257 e. The van der Waals surface area contributed by atoms with E-state index < -0.39 is 0 Å². The van der Waals surface area contributed by atoms with Crippen LogP contribution in [0, 0.1) is 6.92 Å². The molecule has 1 amide bonds. The van der Waals surface area contributed by atoms with Crippen molar-refractivity contribution in [1.82, 2.24) is 10.2 Å². The van der Waals surface area contributed by atoms with E-state index in [1.807, 2.05) is 18.7 Å². The van der Waals surface area contributed by atoms with Crippen molar-refractivity contribution in [2.24, 2.45) is 0 Å². The van der Waals surface area contributed by atoms with Gasteiger partial charge >= 0.3 is 0 Å². The molecule has 15 heavy (non-hydrogen) atoms. The summed E-state index contributed by atoms with van der Waals surface area (Å²) in [6, 6.07) is 2.09. The van der Waals surface area contributed by atoms with Crippen LogP contribution in [0.5, 0.6) is 0 Å². The van der Waals surface area contributed by atoms with Crippen LogP contribution in [0.15, 0.2) is 16.7 Å². The lowest BCUT2D eigenvalue weighted by atomic mass is 10.1. The minimum absolute atomic E-state index is 0.0789. The maximum atomic E-state index is 12.1. The zero-order chi connectivity index (χ0) is 10.8. The third kappa shape index (κ3) is 1.77. The summed E-state index contributed by atoms with van der Waals surface area (Å²) >= 11 is 0. The van der Waals surface area contributed by atoms with Crippen molar-refractivity contribution in [3.05, 3.63) is 23.7 Å². The number of rotatable bonds is 3. The first-order valence-electron chi connectivity index (χ1n) is 5.29. The molecule has 0 bridgehead atoms. The molecule has 82 valence electrons.